The van der Waals surface area contributed by atoms with Crippen molar-refractivity contribution in [2.24, 2.45) is 0 Å². The van der Waals surface area contributed by atoms with Crippen LogP contribution in [0.25, 0.3) is 10.6 Å². The number of nitrogens with zero attached hydrogens (tertiary/aromatic N) is 2. The Balaban J connectivity index is 1.82. The van der Waals surface area contributed by atoms with Crippen molar-refractivity contribution in [2.75, 3.05) is 26.2 Å². The summed E-state index contributed by atoms with van der Waals surface area (Å²) in [7, 11) is 0. The van der Waals surface area contributed by atoms with Gasteiger partial charge in [0.25, 0.3) is 5.91 Å². The molecule has 0 unspecified atom stereocenters. The molecule has 1 amide bonds. The zero-order valence-corrected chi connectivity index (χ0v) is 14.0. The van der Waals surface area contributed by atoms with Gasteiger partial charge in [0.05, 0.1) is 6.20 Å². The normalized spacial score (nSPS) is 10.9. The molecule has 1 aromatic carbocycles. The number of hydrogen-bond donors (Lipinski definition) is 1. The highest BCUT2D eigenvalue weighted by molar-refractivity contribution is 7.16. The Hall–Kier alpha value is -1.72. The minimum Gasteiger partial charge on any atom is -0.351 e. The zero-order valence-electron chi connectivity index (χ0n) is 13.2. The summed E-state index contributed by atoms with van der Waals surface area (Å²) in [5.74, 6) is -0.0285. The Kier molecular flexibility index (Phi) is 6.55. The molecule has 0 aliphatic carbocycles. The SMILES string of the molecule is CCN(CC)CCCNC(=O)c1cnc(-c2ccccc2)s1. The van der Waals surface area contributed by atoms with Crippen molar-refractivity contribution in [3.05, 3.63) is 41.4 Å². The van der Waals surface area contributed by atoms with Crippen LogP contribution >= 0.6 is 11.3 Å². The molecule has 1 aromatic heterocycles. The van der Waals surface area contributed by atoms with Crippen LogP contribution in [0, 0.1) is 0 Å². The average molecular weight is 317 g/mol. The molecular weight excluding hydrogens is 294 g/mol. The molecule has 0 spiro atoms. The molecule has 1 heterocycles. The van der Waals surface area contributed by atoms with Crippen molar-refractivity contribution >= 4 is 17.2 Å². The van der Waals surface area contributed by atoms with Gasteiger partial charge in [0.15, 0.2) is 0 Å². The highest BCUT2D eigenvalue weighted by Gasteiger charge is 2.11. The maximum Gasteiger partial charge on any atom is 0.263 e. The van der Waals surface area contributed by atoms with E-state index < -0.39 is 0 Å². The number of aromatic nitrogens is 1. The van der Waals surface area contributed by atoms with Gasteiger partial charge in [-0.05, 0) is 26.1 Å². The van der Waals surface area contributed by atoms with Crippen molar-refractivity contribution in [3.8, 4) is 10.6 Å². The van der Waals surface area contributed by atoms with Gasteiger partial charge in [-0.2, -0.15) is 0 Å². The minimum absolute atomic E-state index is 0.0285. The van der Waals surface area contributed by atoms with Crippen LogP contribution in [0.1, 0.15) is 29.9 Å². The largest absolute Gasteiger partial charge is 0.351 e. The van der Waals surface area contributed by atoms with Gasteiger partial charge >= 0.3 is 0 Å². The van der Waals surface area contributed by atoms with Crippen molar-refractivity contribution in [1.82, 2.24) is 15.2 Å². The zero-order chi connectivity index (χ0) is 15.8. The van der Waals surface area contributed by atoms with Crippen molar-refractivity contribution < 1.29 is 4.79 Å². The van der Waals surface area contributed by atoms with Gasteiger partial charge in [-0.25, -0.2) is 4.98 Å². The number of nitrogens with one attached hydrogen (secondary N) is 1. The average Bonchev–Trinajstić information content (AvgIpc) is 3.06. The van der Waals surface area contributed by atoms with Gasteiger partial charge in [-0.1, -0.05) is 44.2 Å². The Labute approximate surface area is 136 Å². The molecule has 22 heavy (non-hydrogen) atoms. The summed E-state index contributed by atoms with van der Waals surface area (Å²) in [6, 6.07) is 9.93. The fraction of sp³-hybridized carbons (Fsp3) is 0.412. The quantitative estimate of drug-likeness (QED) is 0.760. The summed E-state index contributed by atoms with van der Waals surface area (Å²) < 4.78 is 0. The Morgan fingerprint density at radius 3 is 2.64 bits per heavy atom. The molecule has 0 fully saturated rings. The minimum atomic E-state index is -0.0285. The van der Waals surface area contributed by atoms with E-state index >= 15 is 0 Å². The summed E-state index contributed by atoms with van der Waals surface area (Å²) in [6.45, 7) is 8.15. The van der Waals surface area contributed by atoms with Crippen LogP contribution < -0.4 is 5.32 Å². The second-order valence-electron chi connectivity index (χ2n) is 5.03. The third kappa shape index (κ3) is 4.64. The fourth-order valence-electron chi connectivity index (χ4n) is 2.22. The standard InChI is InChI=1S/C17H23N3OS/c1-3-20(4-2)12-8-11-18-16(21)15-13-19-17(22-15)14-9-6-5-7-10-14/h5-7,9-10,13H,3-4,8,11-12H2,1-2H3,(H,18,21). The maximum atomic E-state index is 12.1. The van der Waals surface area contributed by atoms with Crippen molar-refractivity contribution in [2.45, 2.75) is 20.3 Å². The number of hydrogen-bond acceptors (Lipinski definition) is 4. The van der Waals surface area contributed by atoms with Crippen LogP contribution in [0.2, 0.25) is 0 Å². The summed E-state index contributed by atoms with van der Waals surface area (Å²) in [6.07, 6.45) is 2.63. The summed E-state index contributed by atoms with van der Waals surface area (Å²) in [5, 5.41) is 3.86. The molecule has 2 aromatic rings. The van der Waals surface area contributed by atoms with E-state index in [0.717, 1.165) is 36.6 Å². The molecule has 5 heteroatoms. The van der Waals surface area contributed by atoms with E-state index in [1.165, 1.54) is 11.3 Å². The van der Waals surface area contributed by atoms with E-state index in [9.17, 15) is 4.79 Å². The van der Waals surface area contributed by atoms with Gasteiger partial charge < -0.3 is 10.2 Å². The lowest BCUT2D eigenvalue weighted by molar-refractivity contribution is 0.0955. The maximum absolute atomic E-state index is 12.1. The molecule has 0 saturated carbocycles. The first-order valence-electron chi connectivity index (χ1n) is 7.76. The number of benzene rings is 1. The van der Waals surface area contributed by atoms with Crippen LogP contribution in [-0.2, 0) is 0 Å². The number of amides is 1. The van der Waals surface area contributed by atoms with Crippen LogP contribution in [0.5, 0.6) is 0 Å². The molecule has 0 saturated heterocycles. The predicted octanol–water partition coefficient (Wildman–Crippen LogP) is 3.27. The molecule has 0 radical (unpaired) electrons. The molecule has 1 N–H and O–H groups in total. The Bertz CT molecular complexity index is 579. The highest BCUT2D eigenvalue weighted by Crippen LogP contribution is 2.24. The first-order valence-corrected chi connectivity index (χ1v) is 8.58. The van der Waals surface area contributed by atoms with Crippen LogP contribution in [0.15, 0.2) is 36.5 Å². The summed E-state index contributed by atoms with van der Waals surface area (Å²) in [5.41, 5.74) is 1.05. The number of carbonyl (C=O) groups is 1. The summed E-state index contributed by atoms with van der Waals surface area (Å²) in [4.78, 5) is 19.5. The third-order valence-electron chi connectivity index (χ3n) is 3.58. The molecule has 0 aliphatic heterocycles. The predicted molar refractivity (Wildman–Crippen MR) is 92.3 cm³/mol. The highest BCUT2D eigenvalue weighted by atomic mass is 32.1. The topological polar surface area (TPSA) is 45.2 Å². The second-order valence-corrected chi connectivity index (χ2v) is 6.06. The molecular formula is C17H23N3OS. The van der Waals surface area contributed by atoms with E-state index in [1.807, 2.05) is 30.3 Å². The van der Waals surface area contributed by atoms with E-state index in [4.69, 9.17) is 0 Å². The third-order valence-corrected chi connectivity index (χ3v) is 4.63. The Morgan fingerprint density at radius 2 is 1.95 bits per heavy atom. The van der Waals surface area contributed by atoms with Gasteiger partial charge in [0, 0.05) is 12.1 Å². The van der Waals surface area contributed by atoms with Gasteiger partial charge in [0.2, 0.25) is 0 Å². The van der Waals surface area contributed by atoms with Crippen LogP contribution in [-0.4, -0.2) is 42.0 Å². The van der Waals surface area contributed by atoms with Gasteiger partial charge in [0.1, 0.15) is 9.88 Å². The van der Waals surface area contributed by atoms with Gasteiger partial charge in [-0.3, -0.25) is 4.79 Å². The lowest BCUT2D eigenvalue weighted by Crippen LogP contribution is -2.29. The molecule has 0 atom stereocenters. The molecule has 0 bridgehead atoms. The lowest BCUT2D eigenvalue weighted by atomic mass is 10.2. The van der Waals surface area contributed by atoms with E-state index in [1.54, 1.807) is 6.20 Å². The smallest absolute Gasteiger partial charge is 0.263 e. The van der Waals surface area contributed by atoms with Crippen molar-refractivity contribution in [1.29, 1.82) is 0 Å². The van der Waals surface area contributed by atoms with E-state index in [2.05, 4.69) is 29.0 Å². The van der Waals surface area contributed by atoms with E-state index in [-0.39, 0.29) is 5.91 Å². The van der Waals surface area contributed by atoms with Gasteiger partial charge in [-0.15, -0.1) is 11.3 Å². The van der Waals surface area contributed by atoms with Crippen molar-refractivity contribution in [3.63, 3.8) is 0 Å². The molecule has 118 valence electrons. The summed E-state index contributed by atoms with van der Waals surface area (Å²) >= 11 is 1.43. The monoisotopic (exact) mass is 317 g/mol. The van der Waals surface area contributed by atoms with Crippen LogP contribution in [0.4, 0.5) is 0 Å². The first-order chi connectivity index (χ1) is 10.7. The Morgan fingerprint density at radius 1 is 1.23 bits per heavy atom. The molecule has 2 rings (SSSR count). The number of carbonyl (C=O) groups excluding carboxylic acids is 1. The van der Waals surface area contributed by atoms with Crippen LogP contribution in [0.3, 0.4) is 0 Å². The fourth-order valence-corrected chi connectivity index (χ4v) is 3.06. The number of thiazole rings is 1. The lowest BCUT2D eigenvalue weighted by Gasteiger charge is -2.17. The number of rotatable bonds is 8. The van der Waals surface area contributed by atoms with E-state index in [0.29, 0.717) is 11.4 Å². The molecule has 4 nitrogen and oxygen atoms in total. The first kappa shape index (κ1) is 16.6. The molecule has 0 aliphatic rings. The second kappa shape index (κ2) is 8.66.